The first-order valence-electron chi connectivity index (χ1n) is 14.6. The number of nitrogens with zero attached hydrogens (tertiary/aromatic N) is 3. The predicted octanol–water partition coefficient (Wildman–Crippen LogP) is 1.90. The topological polar surface area (TPSA) is 176 Å². The van der Waals surface area contributed by atoms with Gasteiger partial charge in [0.25, 0.3) is 11.8 Å². The minimum Gasteiger partial charge on any atom is -0.446 e. The van der Waals surface area contributed by atoms with Crippen LogP contribution in [0.5, 0.6) is 0 Å². The molecule has 2 aliphatic rings. The molecule has 13 nitrogen and oxygen atoms in total. The van der Waals surface area contributed by atoms with Crippen LogP contribution in [0.4, 0.5) is 0 Å². The Morgan fingerprint density at radius 1 is 1.02 bits per heavy atom. The van der Waals surface area contributed by atoms with E-state index in [4.69, 9.17) is 4.42 Å². The van der Waals surface area contributed by atoms with E-state index in [9.17, 15) is 24.0 Å². The van der Waals surface area contributed by atoms with E-state index in [1.807, 2.05) is 44.2 Å². The average Bonchev–Trinajstić information content (AvgIpc) is 3.76. The van der Waals surface area contributed by atoms with Crippen molar-refractivity contribution >= 4 is 40.9 Å². The van der Waals surface area contributed by atoms with Gasteiger partial charge in [0.15, 0.2) is 5.69 Å². The number of fused-ring (bicyclic) bond motifs is 4. The summed E-state index contributed by atoms with van der Waals surface area (Å²) in [5.41, 5.74) is 1.10. The number of carbonyl (C=O) groups excluding carboxylic acids is 5. The lowest BCUT2D eigenvalue weighted by Gasteiger charge is -2.26. The smallest absolute Gasteiger partial charge is 0.273 e. The van der Waals surface area contributed by atoms with E-state index in [2.05, 4.69) is 31.2 Å². The SMILES string of the molecule is CC(C)[C@@H]1NC(=O)CN(C(=O)C[C@@H]2CCC(=O)N2)CCNC(=O)c2coc(n2)[C@H](Cc2ccccc2)NC(=O)c2csc1n2. The van der Waals surface area contributed by atoms with E-state index >= 15 is 0 Å². The van der Waals surface area contributed by atoms with E-state index in [0.29, 0.717) is 24.3 Å². The summed E-state index contributed by atoms with van der Waals surface area (Å²) in [5, 5.41) is 13.6. The highest BCUT2D eigenvalue weighted by molar-refractivity contribution is 7.09. The molecule has 0 aliphatic carbocycles. The van der Waals surface area contributed by atoms with Crippen molar-refractivity contribution in [1.29, 1.82) is 0 Å². The van der Waals surface area contributed by atoms with Crippen LogP contribution >= 0.6 is 11.3 Å². The van der Waals surface area contributed by atoms with E-state index in [-0.39, 0.29) is 67.1 Å². The number of carbonyl (C=O) groups is 5. The molecule has 1 aromatic carbocycles. The monoisotopic (exact) mass is 621 g/mol. The van der Waals surface area contributed by atoms with Crippen molar-refractivity contribution in [2.75, 3.05) is 19.6 Å². The molecule has 0 radical (unpaired) electrons. The van der Waals surface area contributed by atoms with Crippen LogP contribution in [0.25, 0.3) is 0 Å². The van der Waals surface area contributed by atoms with Crippen molar-refractivity contribution in [2.45, 2.75) is 57.7 Å². The highest BCUT2D eigenvalue weighted by atomic mass is 32.1. The third-order valence-corrected chi connectivity index (χ3v) is 8.43. The summed E-state index contributed by atoms with van der Waals surface area (Å²) < 4.78 is 5.67. The summed E-state index contributed by atoms with van der Waals surface area (Å²) in [7, 11) is 0. The molecule has 0 unspecified atom stereocenters. The molecular weight excluding hydrogens is 586 g/mol. The van der Waals surface area contributed by atoms with Gasteiger partial charge in [-0.1, -0.05) is 44.2 Å². The number of nitrogens with one attached hydrogen (secondary N) is 4. The lowest BCUT2D eigenvalue weighted by atomic mass is 10.0. The van der Waals surface area contributed by atoms with Crippen molar-refractivity contribution in [3.63, 3.8) is 0 Å². The summed E-state index contributed by atoms with van der Waals surface area (Å²) in [5.74, 6) is -1.74. The Hall–Kier alpha value is -4.59. The lowest BCUT2D eigenvalue weighted by Crippen LogP contribution is -2.46. The zero-order valence-corrected chi connectivity index (χ0v) is 25.3. The molecule has 1 fully saturated rings. The maximum Gasteiger partial charge on any atom is 0.273 e. The molecule has 4 heterocycles. The quantitative estimate of drug-likeness (QED) is 0.334. The molecule has 4 N–H and O–H groups in total. The first kappa shape index (κ1) is 30.9. The van der Waals surface area contributed by atoms with Crippen LogP contribution in [0.1, 0.15) is 82.6 Å². The van der Waals surface area contributed by atoms with E-state index in [1.165, 1.54) is 22.5 Å². The number of oxazole rings is 1. The molecule has 4 bridgehead atoms. The molecular formula is C30H35N7O6S. The van der Waals surface area contributed by atoms with Gasteiger partial charge in [0.2, 0.25) is 23.6 Å². The van der Waals surface area contributed by atoms with Crippen LogP contribution < -0.4 is 21.3 Å². The van der Waals surface area contributed by atoms with Crippen LogP contribution in [0, 0.1) is 5.92 Å². The van der Waals surface area contributed by atoms with Gasteiger partial charge in [0.05, 0.1) is 12.6 Å². The number of benzene rings is 1. The van der Waals surface area contributed by atoms with Crippen LogP contribution in [-0.2, 0) is 20.8 Å². The largest absolute Gasteiger partial charge is 0.446 e. The van der Waals surface area contributed by atoms with Crippen molar-refractivity contribution in [2.24, 2.45) is 5.92 Å². The lowest BCUT2D eigenvalue weighted by molar-refractivity contribution is -0.136. The molecule has 232 valence electrons. The number of rotatable bonds is 5. The number of hydrogen-bond donors (Lipinski definition) is 4. The van der Waals surface area contributed by atoms with E-state index in [1.54, 1.807) is 5.38 Å². The van der Waals surface area contributed by atoms with Crippen LogP contribution in [0.3, 0.4) is 0 Å². The second kappa shape index (κ2) is 13.8. The van der Waals surface area contributed by atoms with Gasteiger partial charge in [-0.05, 0) is 17.9 Å². The van der Waals surface area contributed by atoms with E-state index < -0.39 is 29.8 Å². The Labute approximate surface area is 258 Å². The van der Waals surface area contributed by atoms with Crippen LogP contribution in [-0.4, -0.2) is 70.1 Å². The van der Waals surface area contributed by atoms with Gasteiger partial charge in [-0.25, -0.2) is 9.97 Å². The first-order chi connectivity index (χ1) is 21.2. The zero-order valence-electron chi connectivity index (χ0n) is 24.5. The summed E-state index contributed by atoms with van der Waals surface area (Å²) in [6, 6.07) is 7.99. The molecule has 44 heavy (non-hydrogen) atoms. The number of amides is 5. The molecule has 0 saturated carbocycles. The van der Waals surface area contributed by atoms with Crippen molar-refractivity contribution in [3.8, 4) is 0 Å². The molecule has 2 aromatic heterocycles. The molecule has 2 aliphatic heterocycles. The highest BCUT2D eigenvalue weighted by Crippen LogP contribution is 2.26. The zero-order chi connectivity index (χ0) is 31.2. The van der Waals surface area contributed by atoms with E-state index in [0.717, 1.165) is 5.56 Å². The van der Waals surface area contributed by atoms with Crippen LogP contribution in [0.15, 0.2) is 46.4 Å². The Balaban J connectivity index is 1.42. The highest BCUT2D eigenvalue weighted by Gasteiger charge is 2.30. The average molecular weight is 622 g/mol. The van der Waals surface area contributed by atoms with Gasteiger partial charge in [-0.3, -0.25) is 24.0 Å². The van der Waals surface area contributed by atoms with Gasteiger partial charge >= 0.3 is 0 Å². The molecule has 0 spiro atoms. The molecule has 5 rings (SSSR count). The van der Waals surface area contributed by atoms with Gasteiger partial charge in [0, 0.05) is 43.8 Å². The Morgan fingerprint density at radius 3 is 2.55 bits per heavy atom. The van der Waals surface area contributed by atoms with Gasteiger partial charge in [-0.2, -0.15) is 0 Å². The van der Waals surface area contributed by atoms with Gasteiger partial charge in [-0.15, -0.1) is 11.3 Å². The maximum atomic E-state index is 13.4. The summed E-state index contributed by atoms with van der Waals surface area (Å²) >= 11 is 1.25. The van der Waals surface area contributed by atoms with Crippen molar-refractivity contribution in [3.05, 3.63) is 69.8 Å². The summed E-state index contributed by atoms with van der Waals surface area (Å²) in [6.45, 7) is 3.70. The Kier molecular flexibility index (Phi) is 9.68. The number of aromatic nitrogens is 2. The molecule has 3 aromatic rings. The third kappa shape index (κ3) is 7.67. The van der Waals surface area contributed by atoms with Crippen molar-refractivity contribution < 1.29 is 28.4 Å². The fourth-order valence-electron chi connectivity index (χ4n) is 5.13. The van der Waals surface area contributed by atoms with Crippen molar-refractivity contribution in [1.82, 2.24) is 36.1 Å². The maximum absolute atomic E-state index is 13.4. The second-order valence-electron chi connectivity index (χ2n) is 11.2. The normalized spacial score (nSPS) is 21.6. The third-order valence-electron chi connectivity index (χ3n) is 7.50. The summed E-state index contributed by atoms with van der Waals surface area (Å²) in [4.78, 5) is 74.8. The minimum atomic E-state index is -0.694. The number of thiazole rings is 1. The fourth-order valence-corrected chi connectivity index (χ4v) is 6.15. The molecule has 5 amide bonds. The predicted molar refractivity (Wildman–Crippen MR) is 159 cm³/mol. The molecule has 14 heteroatoms. The molecule has 3 atom stereocenters. The Morgan fingerprint density at radius 2 is 1.82 bits per heavy atom. The standard InChI is InChI=1S/C30H35N7O6S/c1-17(2)26-30-35-22(16-44-30)28(42)33-20(12-18-6-4-3-5-7-18)29-34-21(15-43-29)27(41)31-10-11-37(14-24(39)36-26)25(40)13-19-8-9-23(38)32-19/h3-7,15-17,19-20,26H,8-14H2,1-2H3,(H,31,41)(H,32,38)(H,33,42)(H,36,39)/t19-,20-,26-/m0/s1. The second-order valence-corrected chi connectivity index (χ2v) is 12.1. The van der Waals surface area contributed by atoms with Crippen LogP contribution in [0.2, 0.25) is 0 Å². The van der Waals surface area contributed by atoms with Gasteiger partial charge in [0.1, 0.15) is 23.0 Å². The number of hydrogen-bond acceptors (Lipinski definition) is 9. The Bertz CT molecular complexity index is 1520. The summed E-state index contributed by atoms with van der Waals surface area (Å²) in [6.07, 6.45) is 2.51. The molecule has 1 saturated heterocycles. The van der Waals surface area contributed by atoms with Gasteiger partial charge < -0.3 is 30.6 Å². The minimum absolute atomic E-state index is 0.00781. The first-order valence-corrected chi connectivity index (χ1v) is 15.4. The fraction of sp³-hybridized carbons (Fsp3) is 0.433.